The fourth-order valence-electron chi connectivity index (χ4n) is 0.927. The van der Waals surface area contributed by atoms with E-state index in [1.165, 1.54) is 0 Å². The van der Waals surface area contributed by atoms with Gasteiger partial charge in [-0.05, 0) is 12.8 Å². The van der Waals surface area contributed by atoms with Crippen LogP contribution in [0, 0.1) is 0 Å². The third-order valence-electron chi connectivity index (χ3n) is 1.67. The minimum atomic E-state index is -1.22. The van der Waals surface area contributed by atoms with Crippen LogP contribution in [0.2, 0.25) is 0 Å². The van der Waals surface area contributed by atoms with Crippen molar-refractivity contribution < 1.29 is 20.1 Å². The van der Waals surface area contributed by atoms with Crippen LogP contribution in [0.15, 0.2) is 0 Å². The Morgan fingerprint density at radius 3 is 2.15 bits per heavy atom. The van der Waals surface area contributed by atoms with Crippen molar-refractivity contribution in [3.8, 4) is 0 Å². The summed E-state index contributed by atoms with van der Waals surface area (Å²) >= 11 is 0. The Labute approximate surface area is 71.8 Å². The van der Waals surface area contributed by atoms with Gasteiger partial charge in [0.25, 0.3) is 0 Å². The molecule has 1 atom stereocenters. The Morgan fingerprint density at radius 1 is 1.15 bits per heavy atom. The van der Waals surface area contributed by atoms with Crippen molar-refractivity contribution in [1.29, 1.82) is 0 Å². The summed E-state index contributed by atoms with van der Waals surface area (Å²) in [4.78, 5) is 10.1. The van der Waals surface area contributed by atoms with Gasteiger partial charge in [0.15, 0.2) is 6.10 Å². The van der Waals surface area contributed by atoms with Crippen molar-refractivity contribution in [1.82, 2.24) is 0 Å². The zero-order valence-electron chi connectivity index (χ0n) is 7.78. The molecule has 74 valence electrons. The number of aliphatic hydroxyl groups excluding tert-OH is 2. The monoisotopic (exact) mass is 443 g/mol. The van der Waals surface area contributed by atoms with Crippen LogP contribution in [0.3, 0.4) is 0 Å². The summed E-state index contributed by atoms with van der Waals surface area (Å²) in [6.45, 7) is 0.182. The number of carboxylic acid groups (broad SMARTS) is 1. The summed E-state index contributed by atoms with van der Waals surface area (Å²) in [5.41, 5.74) is 0. The molecule has 0 saturated heterocycles. The maximum atomic E-state index is 10.1. The molecule has 0 saturated carbocycles. The van der Waals surface area contributed by atoms with Crippen LogP contribution in [0.1, 0.15) is 32.1 Å². The maximum absolute atomic E-state index is 10.1. The molecule has 0 rings (SSSR count). The molecule has 13 heavy (non-hydrogen) atoms. The van der Waals surface area contributed by atoms with Crippen molar-refractivity contribution in [3.05, 3.63) is 0 Å². The average Bonchev–Trinajstić information content (AvgIpc) is 2.03. The molecule has 0 aromatic rings. The smallest absolute Gasteiger partial charge is 0.332 e. The molecule has 0 fully saturated rings. The first kappa shape index (κ1) is 13.9. The fraction of sp³-hybridized carbons (Fsp3) is 0.875. The molecule has 0 amide bonds. The van der Waals surface area contributed by atoms with Crippen molar-refractivity contribution in [2.75, 3.05) is 6.61 Å². The molecule has 0 aliphatic carbocycles. The summed E-state index contributed by atoms with van der Waals surface area (Å²) in [6, 6.07) is 0. The molecule has 0 aliphatic rings. The molecule has 0 aromatic carbocycles. The molecule has 0 unspecified atom stereocenters. The number of carbonyl (C=O) groups is 1. The van der Waals surface area contributed by atoms with E-state index in [-0.39, 0.29) is 6.61 Å². The van der Waals surface area contributed by atoms with Gasteiger partial charge < -0.3 is 15.3 Å². The summed E-state index contributed by atoms with van der Waals surface area (Å²) in [6.07, 6.45) is 2.30. The van der Waals surface area contributed by atoms with Crippen molar-refractivity contribution >= 4 is 5.97 Å². The number of unbranched alkanes of at least 4 members (excludes halogenated alkanes) is 3. The Kier molecular flexibility index (Phi) is 9.10. The second-order valence-electron chi connectivity index (χ2n) is 2.78. The van der Waals surface area contributed by atoms with Gasteiger partial charge in [-0.2, -0.15) is 0 Å². The zero-order valence-corrected chi connectivity index (χ0v) is 14.2. The average molecular weight is 443 g/mol. The summed E-state index contributed by atoms with van der Waals surface area (Å²) < 4.78 is 0. The van der Waals surface area contributed by atoms with Crippen molar-refractivity contribution in [2.45, 2.75) is 38.2 Å². The van der Waals surface area contributed by atoms with Crippen LogP contribution >= 0.6 is 0 Å². The quantitative estimate of drug-likeness (QED) is 0.498. The van der Waals surface area contributed by atoms with E-state index in [2.05, 4.69) is 0 Å². The van der Waals surface area contributed by atoms with Gasteiger partial charge in [-0.15, -0.1) is 0 Å². The molecule has 0 heterocycles. The van der Waals surface area contributed by atoms with Crippen LogP contribution in [-0.4, -0.2) is 34.0 Å². The first-order valence-corrected chi connectivity index (χ1v) is 4.20. The summed E-state index contributed by atoms with van der Waals surface area (Å²) in [5, 5.41) is 25.5. The minimum Gasteiger partial charge on any atom is -0.479 e. The largest absolute Gasteiger partial charge is 0.479 e. The molecule has 5 heteroatoms. The van der Waals surface area contributed by atoms with E-state index in [1.54, 1.807) is 0 Å². The van der Waals surface area contributed by atoms with E-state index >= 15 is 0 Å². The van der Waals surface area contributed by atoms with Crippen LogP contribution < -0.4 is 0 Å². The number of rotatable bonds is 7. The van der Waals surface area contributed by atoms with E-state index in [4.69, 9.17) is 15.3 Å². The second kappa shape index (κ2) is 8.49. The maximum Gasteiger partial charge on any atom is 0.332 e. The van der Waals surface area contributed by atoms with Crippen LogP contribution in [0.5, 0.6) is 0 Å². The van der Waals surface area contributed by atoms with E-state index in [0.717, 1.165) is 19.3 Å². The molecule has 0 spiro atoms. The fourth-order valence-corrected chi connectivity index (χ4v) is 0.927. The van der Waals surface area contributed by atoms with Gasteiger partial charge in [-0.1, -0.05) is 19.3 Å². The normalized spacial score (nSPS) is 11.8. The minimum absolute atomic E-state index is 0. The third kappa shape index (κ3) is 8.29. The Bertz CT molecular complexity index is 129. The second-order valence-corrected chi connectivity index (χ2v) is 2.78. The van der Waals surface area contributed by atoms with Gasteiger partial charge >= 0.3 is 5.97 Å². The first-order chi connectivity index (χ1) is 5.68. The van der Waals surface area contributed by atoms with Crippen LogP contribution in [-0.2, 0) is 4.79 Å². The number of aliphatic hydroxyl groups is 2. The van der Waals surface area contributed by atoms with E-state index in [1.807, 2.05) is 0 Å². The number of hydrogen-bond donors (Lipinski definition) is 3. The zero-order chi connectivity index (χ0) is 9.40. The SMILES string of the molecule is O=C(O)[C@H](O)CCCCCCO.[Rf]. The molecular formula is C8H16O4Rf. The van der Waals surface area contributed by atoms with E-state index in [0.29, 0.717) is 12.8 Å². The van der Waals surface area contributed by atoms with Gasteiger partial charge in [0.2, 0.25) is 0 Å². The number of carboxylic acids is 1. The number of aliphatic carboxylic acids is 1. The molecule has 3 N–H and O–H groups in total. The third-order valence-corrected chi connectivity index (χ3v) is 1.67. The van der Waals surface area contributed by atoms with E-state index in [9.17, 15) is 4.79 Å². The number of hydrogen-bond acceptors (Lipinski definition) is 3. The molecule has 0 aliphatic heterocycles. The standard InChI is InChI=1S/C8H16O4.Rf/c9-6-4-2-1-3-5-7(10)8(11)12;/h7,9-10H,1-6H2,(H,11,12);/t7-;/m1./s1. The topological polar surface area (TPSA) is 77.8 Å². The molecule has 0 bridgehead atoms. The predicted octanol–water partition coefficient (Wildman–Crippen LogP) is 0.375. The molecular weight excluding hydrogens is 427 g/mol. The van der Waals surface area contributed by atoms with Gasteiger partial charge in [0.1, 0.15) is 0 Å². The van der Waals surface area contributed by atoms with Gasteiger partial charge in [0.05, 0.1) is 0 Å². The summed E-state index contributed by atoms with van der Waals surface area (Å²) in [7, 11) is 0. The Hall–Kier alpha value is -1.61. The summed E-state index contributed by atoms with van der Waals surface area (Å²) in [5.74, 6) is -1.16. The van der Waals surface area contributed by atoms with Gasteiger partial charge in [-0.25, -0.2) is 4.79 Å². The first-order valence-electron chi connectivity index (χ1n) is 4.20. The van der Waals surface area contributed by atoms with E-state index < -0.39 is 12.1 Å². The predicted molar refractivity (Wildman–Crippen MR) is 43.8 cm³/mol. The Balaban J connectivity index is 0. The molecule has 0 radical (unpaired) electrons. The van der Waals surface area contributed by atoms with Crippen LogP contribution in [0.25, 0.3) is 0 Å². The van der Waals surface area contributed by atoms with Gasteiger partial charge in [0, 0.05) is 6.61 Å². The molecule has 4 nitrogen and oxygen atoms in total. The van der Waals surface area contributed by atoms with Crippen molar-refractivity contribution in [2.24, 2.45) is 0 Å². The molecule has 0 aromatic heterocycles. The Morgan fingerprint density at radius 2 is 1.69 bits per heavy atom. The van der Waals surface area contributed by atoms with Crippen molar-refractivity contribution in [3.63, 3.8) is 0 Å². The van der Waals surface area contributed by atoms with Gasteiger partial charge in [-0.3, -0.25) is 0 Å². The van der Waals surface area contributed by atoms with Crippen LogP contribution in [0.4, 0.5) is 0 Å².